The minimum absolute atomic E-state index is 0.0159. The molecule has 8 heteroatoms. The second-order valence-corrected chi connectivity index (χ2v) is 6.55. The van der Waals surface area contributed by atoms with Crippen molar-refractivity contribution in [1.82, 2.24) is 10.3 Å². The van der Waals surface area contributed by atoms with Gasteiger partial charge in [0, 0.05) is 11.9 Å². The van der Waals surface area contributed by atoms with Gasteiger partial charge in [0.1, 0.15) is 23.1 Å². The summed E-state index contributed by atoms with van der Waals surface area (Å²) in [4.78, 5) is 16.3. The molecule has 0 aliphatic carbocycles. The number of aromatic nitrogens is 1. The molecule has 1 N–H and O–H groups in total. The highest BCUT2D eigenvalue weighted by Crippen LogP contribution is 2.31. The molecule has 0 saturated heterocycles. The van der Waals surface area contributed by atoms with Crippen LogP contribution < -0.4 is 10.1 Å². The third-order valence-electron chi connectivity index (χ3n) is 3.60. The number of ether oxygens (including phenoxy) is 1. The van der Waals surface area contributed by atoms with Gasteiger partial charge in [-0.1, -0.05) is 36.4 Å². The Bertz CT molecular complexity index is 911. The summed E-state index contributed by atoms with van der Waals surface area (Å²) >= 11 is 1.21. The third kappa shape index (κ3) is 5.30. The number of amides is 1. The van der Waals surface area contributed by atoms with Crippen LogP contribution in [-0.4, -0.2) is 10.9 Å². The van der Waals surface area contributed by atoms with Crippen molar-refractivity contribution in [3.8, 4) is 5.75 Å². The van der Waals surface area contributed by atoms with Crippen LogP contribution in [-0.2, 0) is 19.3 Å². The fraction of sp³-hybridized carbons (Fsp3) is 0.158. The first-order valence-electron chi connectivity index (χ1n) is 7.98. The van der Waals surface area contributed by atoms with Gasteiger partial charge in [-0.3, -0.25) is 4.79 Å². The second-order valence-electron chi connectivity index (χ2n) is 5.61. The Morgan fingerprint density at radius 2 is 1.89 bits per heavy atom. The van der Waals surface area contributed by atoms with Gasteiger partial charge in [0.25, 0.3) is 5.91 Å². The Kier molecular flexibility index (Phi) is 5.75. The molecule has 0 unspecified atom stereocenters. The average Bonchev–Trinajstić information content (AvgIpc) is 3.14. The van der Waals surface area contributed by atoms with Gasteiger partial charge in [0.15, 0.2) is 0 Å². The summed E-state index contributed by atoms with van der Waals surface area (Å²) in [6.07, 6.45) is -4.43. The van der Waals surface area contributed by atoms with Gasteiger partial charge in [-0.2, -0.15) is 13.2 Å². The number of thiazole rings is 1. The molecule has 0 aliphatic heterocycles. The number of carbonyl (C=O) groups excluding carboxylic acids is 1. The molecule has 27 heavy (non-hydrogen) atoms. The molecule has 0 aliphatic rings. The lowest BCUT2D eigenvalue weighted by molar-refractivity contribution is -0.137. The number of rotatable bonds is 6. The predicted molar refractivity (Wildman–Crippen MR) is 95.5 cm³/mol. The van der Waals surface area contributed by atoms with Gasteiger partial charge < -0.3 is 10.1 Å². The van der Waals surface area contributed by atoms with E-state index in [1.807, 2.05) is 30.3 Å². The molecule has 1 heterocycles. The highest BCUT2D eigenvalue weighted by Gasteiger charge is 2.30. The summed E-state index contributed by atoms with van der Waals surface area (Å²) in [5.41, 5.74) is 0.438. The van der Waals surface area contributed by atoms with Crippen LogP contribution in [0.2, 0.25) is 0 Å². The van der Waals surface area contributed by atoms with Crippen molar-refractivity contribution in [3.63, 3.8) is 0 Å². The van der Waals surface area contributed by atoms with E-state index in [-0.39, 0.29) is 24.0 Å². The standard InChI is InChI=1S/C19H15F3N2O2S/c20-19(21,22)14-7-4-8-15(9-14)26-11-17-24-16(12-27-17)18(25)23-10-13-5-2-1-3-6-13/h1-9,12H,10-11H2,(H,23,25). The maximum atomic E-state index is 12.7. The van der Waals surface area contributed by atoms with Crippen LogP contribution in [0.3, 0.4) is 0 Å². The van der Waals surface area contributed by atoms with Gasteiger partial charge in [0.2, 0.25) is 0 Å². The fourth-order valence-electron chi connectivity index (χ4n) is 2.26. The van der Waals surface area contributed by atoms with Crippen LogP contribution in [0.4, 0.5) is 13.2 Å². The number of halogens is 3. The number of carbonyl (C=O) groups is 1. The van der Waals surface area contributed by atoms with Crippen LogP contribution >= 0.6 is 11.3 Å². The molecule has 3 rings (SSSR count). The van der Waals surface area contributed by atoms with Crippen LogP contribution in [0.15, 0.2) is 60.0 Å². The lowest BCUT2D eigenvalue weighted by Gasteiger charge is -2.09. The molecule has 3 aromatic rings. The Hall–Kier alpha value is -2.87. The lowest BCUT2D eigenvalue weighted by Crippen LogP contribution is -2.23. The number of alkyl halides is 3. The van der Waals surface area contributed by atoms with Crippen LogP contribution in [0.5, 0.6) is 5.75 Å². The maximum Gasteiger partial charge on any atom is 0.416 e. The second kappa shape index (κ2) is 8.22. The Labute approximate surface area is 157 Å². The minimum atomic E-state index is -4.43. The van der Waals surface area contributed by atoms with Crippen molar-refractivity contribution < 1.29 is 22.7 Å². The van der Waals surface area contributed by atoms with E-state index in [0.717, 1.165) is 17.7 Å². The van der Waals surface area contributed by atoms with Gasteiger partial charge in [-0.15, -0.1) is 11.3 Å². The zero-order chi connectivity index (χ0) is 19.3. The molecule has 0 bridgehead atoms. The topological polar surface area (TPSA) is 51.2 Å². The Balaban J connectivity index is 1.56. The average molecular weight is 392 g/mol. The molecule has 0 spiro atoms. The van der Waals surface area contributed by atoms with E-state index in [0.29, 0.717) is 11.6 Å². The molecular weight excluding hydrogens is 377 g/mol. The zero-order valence-electron chi connectivity index (χ0n) is 14.0. The summed E-state index contributed by atoms with van der Waals surface area (Å²) in [5, 5.41) is 4.85. The van der Waals surface area contributed by atoms with E-state index in [1.165, 1.54) is 23.5 Å². The number of nitrogens with one attached hydrogen (secondary N) is 1. The third-order valence-corrected chi connectivity index (χ3v) is 4.43. The molecule has 2 aromatic carbocycles. The number of hydrogen-bond acceptors (Lipinski definition) is 4. The maximum absolute atomic E-state index is 12.7. The van der Waals surface area contributed by atoms with E-state index >= 15 is 0 Å². The predicted octanol–water partition coefficient (Wildman–Crippen LogP) is 4.67. The highest BCUT2D eigenvalue weighted by atomic mass is 32.1. The quantitative estimate of drug-likeness (QED) is 0.663. The summed E-state index contributed by atoms with van der Waals surface area (Å²) in [7, 11) is 0. The highest BCUT2D eigenvalue weighted by molar-refractivity contribution is 7.09. The van der Waals surface area contributed by atoms with Crippen LogP contribution in [0, 0.1) is 0 Å². The molecule has 1 amide bonds. The number of benzene rings is 2. The van der Waals surface area contributed by atoms with Crippen molar-refractivity contribution >= 4 is 17.2 Å². The fourth-order valence-corrected chi connectivity index (χ4v) is 2.94. The summed E-state index contributed by atoms with van der Waals surface area (Å²) in [6, 6.07) is 14.1. The van der Waals surface area contributed by atoms with Crippen LogP contribution in [0.25, 0.3) is 0 Å². The van der Waals surface area contributed by atoms with E-state index in [9.17, 15) is 18.0 Å². The van der Waals surface area contributed by atoms with Gasteiger partial charge in [-0.05, 0) is 23.8 Å². The van der Waals surface area contributed by atoms with E-state index in [4.69, 9.17) is 4.74 Å². The Morgan fingerprint density at radius 3 is 2.63 bits per heavy atom. The van der Waals surface area contributed by atoms with E-state index < -0.39 is 11.7 Å². The molecular formula is C19H15F3N2O2S. The zero-order valence-corrected chi connectivity index (χ0v) is 14.8. The molecule has 0 fully saturated rings. The Morgan fingerprint density at radius 1 is 1.11 bits per heavy atom. The monoisotopic (exact) mass is 392 g/mol. The number of nitrogens with zero attached hydrogens (tertiary/aromatic N) is 1. The molecule has 140 valence electrons. The van der Waals surface area contributed by atoms with E-state index in [2.05, 4.69) is 10.3 Å². The largest absolute Gasteiger partial charge is 0.486 e. The summed E-state index contributed by atoms with van der Waals surface area (Å²) in [6.45, 7) is 0.366. The molecule has 1 aromatic heterocycles. The van der Waals surface area contributed by atoms with Crippen LogP contribution in [0.1, 0.15) is 26.6 Å². The van der Waals surface area contributed by atoms with Crippen molar-refractivity contribution in [2.75, 3.05) is 0 Å². The minimum Gasteiger partial charge on any atom is -0.486 e. The summed E-state index contributed by atoms with van der Waals surface area (Å²) in [5.74, 6) is -0.226. The van der Waals surface area contributed by atoms with Crippen molar-refractivity contribution in [2.24, 2.45) is 0 Å². The van der Waals surface area contributed by atoms with Crippen molar-refractivity contribution in [1.29, 1.82) is 0 Å². The van der Waals surface area contributed by atoms with Crippen molar-refractivity contribution in [2.45, 2.75) is 19.3 Å². The number of hydrogen-bond donors (Lipinski definition) is 1. The SMILES string of the molecule is O=C(NCc1ccccc1)c1csc(COc2cccc(C(F)(F)F)c2)n1. The van der Waals surface area contributed by atoms with E-state index in [1.54, 1.807) is 5.38 Å². The van der Waals surface area contributed by atoms with Crippen molar-refractivity contribution in [3.05, 3.63) is 81.8 Å². The smallest absolute Gasteiger partial charge is 0.416 e. The first-order chi connectivity index (χ1) is 12.9. The van der Waals surface area contributed by atoms with Gasteiger partial charge >= 0.3 is 6.18 Å². The normalized spacial score (nSPS) is 11.2. The molecule has 0 radical (unpaired) electrons. The first kappa shape index (κ1) is 18.9. The summed E-state index contributed by atoms with van der Waals surface area (Å²) < 4.78 is 43.5. The first-order valence-corrected chi connectivity index (χ1v) is 8.86. The van der Waals surface area contributed by atoms with Gasteiger partial charge in [-0.25, -0.2) is 4.98 Å². The molecule has 0 saturated carbocycles. The molecule has 4 nitrogen and oxygen atoms in total. The van der Waals surface area contributed by atoms with Gasteiger partial charge in [0.05, 0.1) is 5.56 Å². The lowest BCUT2D eigenvalue weighted by atomic mass is 10.2. The molecule has 0 atom stereocenters.